The van der Waals surface area contributed by atoms with Crippen LogP contribution in [0.5, 0.6) is 11.5 Å². The summed E-state index contributed by atoms with van der Waals surface area (Å²) in [4.78, 5) is 15.3. The summed E-state index contributed by atoms with van der Waals surface area (Å²) in [5.41, 5.74) is 9.39. The summed E-state index contributed by atoms with van der Waals surface area (Å²) in [7, 11) is 0. The van der Waals surface area contributed by atoms with Crippen LogP contribution in [0.4, 0.5) is 0 Å². The van der Waals surface area contributed by atoms with E-state index in [1.807, 2.05) is 63.2 Å². The highest BCUT2D eigenvalue weighted by molar-refractivity contribution is 5.87. The first-order valence-corrected chi connectivity index (χ1v) is 11.1. The molecule has 1 amide bonds. The van der Waals surface area contributed by atoms with Crippen LogP contribution in [0.2, 0.25) is 0 Å². The molecule has 31 heavy (non-hydrogen) atoms. The molecule has 1 saturated carbocycles. The molecule has 4 N–H and O–H groups in total. The molecule has 1 fully saturated rings. The topological polar surface area (TPSA) is 89.4 Å². The zero-order chi connectivity index (χ0) is 22.2. The minimum atomic E-state index is -0.480. The molecule has 6 nitrogen and oxygen atoms in total. The van der Waals surface area contributed by atoms with Crippen molar-refractivity contribution in [1.29, 1.82) is 0 Å². The first-order chi connectivity index (χ1) is 15.1. The van der Waals surface area contributed by atoms with Gasteiger partial charge in [-0.25, -0.2) is 0 Å². The van der Waals surface area contributed by atoms with Gasteiger partial charge in [-0.3, -0.25) is 4.79 Å². The van der Waals surface area contributed by atoms with Crippen molar-refractivity contribution in [3.8, 4) is 11.5 Å². The molecule has 3 aromatic rings. The zero-order valence-electron chi connectivity index (χ0n) is 18.6. The normalized spacial score (nSPS) is 14.7. The van der Waals surface area contributed by atoms with Crippen LogP contribution in [0.15, 0.2) is 48.5 Å². The lowest BCUT2D eigenvalue weighted by Crippen LogP contribution is -2.42. The Labute approximate surface area is 184 Å². The number of fused-ring (bicyclic) bond motifs is 2. The number of aryl methyl sites for hydroxylation is 1. The second-order valence-corrected chi connectivity index (χ2v) is 7.63. The van der Waals surface area contributed by atoms with Gasteiger partial charge in [-0.2, -0.15) is 0 Å². The molecular weight excluding hydrogens is 390 g/mol. The number of para-hydroxylation sites is 3. The van der Waals surface area contributed by atoms with Crippen molar-refractivity contribution < 1.29 is 14.3 Å². The lowest BCUT2D eigenvalue weighted by atomic mass is 10.0. The molecule has 1 aromatic heterocycles. The number of amides is 1. The first kappa shape index (κ1) is 22.7. The average molecular weight is 424 g/mol. The lowest BCUT2D eigenvalue weighted by Gasteiger charge is -2.12. The zero-order valence-corrected chi connectivity index (χ0v) is 18.6. The number of nitrogens with two attached hydrogens (primary N) is 1. The number of carbonyl (C=O) groups excluding carboxylic acids is 1. The van der Waals surface area contributed by atoms with Gasteiger partial charge in [-0.05, 0) is 55.9 Å². The van der Waals surface area contributed by atoms with E-state index in [0.29, 0.717) is 19.1 Å². The summed E-state index contributed by atoms with van der Waals surface area (Å²) >= 11 is 0. The van der Waals surface area contributed by atoms with E-state index < -0.39 is 6.04 Å². The Balaban J connectivity index is 0.000000205. The summed E-state index contributed by atoms with van der Waals surface area (Å²) in [5, 5.41) is 4.11. The van der Waals surface area contributed by atoms with Gasteiger partial charge >= 0.3 is 0 Å². The van der Waals surface area contributed by atoms with Gasteiger partial charge in [0.15, 0.2) is 11.5 Å². The molecule has 0 bridgehead atoms. The molecule has 0 unspecified atom stereocenters. The van der Waals surface area contributed by atoms with Crippen LogP contribution >= 0.6 is 0 Å². The van der Waals surface area contributed by atoms with E-state index in [1.54, 1.807) is 0 Å². The average Bonchev–Trinajstić information content (AvgIpc) is 3.42. The summed E-state index contributed by atoms with van der Waals surface area (Å²) in [6, 6.07) is 15.3. The maximum Gasteiger partial charge on any atom is 0.237 e. The third kappa shape index (κ3) is 6.01. The van der Waals surface area contributed by atoms with E-state index in [1.165, 1.54) is 12.8 Å². The molecule has 6 heteroatoms. The number of rotatable bonds is 5. The van der Waals surface area contributed by atoms with Crippen molar-refractivity contribution >= 4 is 16.8 Å². The number of carbonyl (C=O) groups is 1. The van der Waals surface area contributed by atoms with Gasteiger partial charge in [0.1, 0.15) is 0 Å². The molecule has 1 aliphatic heterocycles. The summed E-state index contributed by atoms with van der Waals surface area (Å²) < 4.78 is 10.2. The van der Waals surface area contributed by atoms with Crippen molar-refractivity contribution in [1.82, 2.24) is 10.3 Å². The third-order valence-electron chi connectivity index (χ3n) is 5.33. The van der Waals surface area contributed by atoms with Crippen molar-refractivity contribution in [2.24, 2.45) is 11.7 Å². The number of ether oxygens (including phenoxy) is 2. The second-order valence-electron chi connectivity index (χ2n) is 7.63. The maximum absolute atomic E-state index is 12.0. The Kier molecular flexibility index (Phi) is 7.95. The number of hydrogen-bond acceptors (Lipinski definition) is 4. The van der Waals surface area contributed by atoms with Gasteiger partial charge in [-0.1, -0.05) is 44.2 Å². The van der Waals surface area contributed by atoms with Gasteiger partial charge in [0.25, 0.3) is 0 Å². The first-order valence-electron chi connectivity index (χ1n) is 11.1. The predicted octanol–water partition coefficient (Wildman–Crippen LogP) is 4.31. The molecular formula is C25H33N3O3. The Morgan fingerprint density at radius 3 is 2.35 bits per heavy atom. The fourth-order valence-electron chi connectivity index (χ4n) is 3.45. The van der Waals surface area contributed by atoms with E-state index in [4.69, 9.17) is 15.2 Å². The molecule has 1 atom stereocenters. The van der Waals surface area contributed by atoms with E-state index in [-0.39, 0.29) is 5.91 Å². The number of benzene rings is 2. The quantitative estimate of drug-likeness (QED) is 0.570. The number of hydrogen-bond donors (Lipinski definition) is 3. The molecule has 5 rings (SSSR count). The Morgan fingerprint density at radius 1 is 1.10 bits per heavy atom. The fraction of sp³-hybridized carbons (Fsp3) is 0.400. The van der Waals surface area contributed by atoms with Crippen LogP contribution in [-0.4, -0.2) is 30.3 Å². The lowest BCUT2D eigenvalue weighted by molar-refractivity contribution is -0.122. The summed E-state index contributed by atoms with van der Waals surface area (Å²) in [5.74, 6) is 2.33. The second kappa shape index (κ2) is 10.9. The van der Waals surface area contributed by atoms with Gasteiger partial charge in [0, 0.05) is 23.1 Å². The molecule has 0 saturated heterocycles. The minimum absolute atomic E-state index is 0.0402. The van der Waals surface area contributed by atoms with Crippen molar-refractivity contribution in [3.63, 3.8) is 0 Å². The van der Waals surface area contributed by atoms with Crippen LogP contribution in [0, 0.1) is 12.8 Å². The highest BCUT2D eigenvalue weighted by Crippen LogP contribution is 2.30. The molecule has 0 spiro atoms. The summed E-state index contributed by atoms with van der Waals surface area (Å²) in [6.07, 6.45) is 3.04. The molecule has 2 aromatic carbocycles. The molecule has 166 valence electrons. The van der Waals surface area contributed by atoms with Crippen LogP contribution in [0.1, 0.15) is 37.9 Å². The van der Waals surface area contributed by atoms with Crippen molar-refractivity contribution in [3.05, 3.63) is 59.8 Å². The molecule has 2 heterocycles. The SMILES string of the molecule is CC.Cc1[nH]c2ccccc2c1C[C@H](N)C(=O)NCC1CC1.c1ccc2c(c1)OCO2. The van der Waals surface area contributed by atoms with E-state index in [0.717, 1.165) is 40.2 Å². The number of nitrogens with one attached hydrogen (secondary N) is 2. The monoisotopic (exact) mass is 423 g/mol. The van der Waals surface area contributed by atoms with Gasteiger partial charge in [0.2, 0.25) is 12.7 Å². The summed E-state index contributed by atoms with van der Waals surface area (Å²) in [6.45, 7) is 7.17. The highest BCUT2D eigenvalue weighted by atomic mass is 16.7. The van der Waals surface area contributed by atoms with Crippen LogP contribution in [0.3, 0.4) is 0 Å². The van der Waals surface area contributed by atoms with Gasteiger partial charge < -0.3 is 25.5 Å². The minimum Gasteiger partial charge on any atom is -0.454 e. The van der Waals surface area contributed by atoms with E-state index in [9.17, 15) is 4.79 Å². The number of H-pyrrole nitrogens is 1. The number of aromatic amines is 1. The standard InChI is InChI=1S/C16H21N3O.C7H6O2.C2H6/c1-10-13(12-4-2-3-5-15(12)19-10)8-14(17)16(20)18-9-11-6-7-11;1-2-4-7-6(3-1)8-5-9-7;1-2/h2-5,11,14,19H,6-9,17H2,1H3,(H,18,20);1-4H,5H2;1-2H3/t14-;;/m0../s1. The fourth-order valence-corrected chi connectivity index (χ4v) is 3.45. The molecule has 0 radical (unpaired) electrons. The van der Waals surface area contributed by atoms with E-state index >= 15 is 0 Å². The van der Waals surface area contributed by atoms with Crippen molar-refractivity contribution in [2.45, 2.75) is 46.1 Å². The Hall–Kier alpha value is -2.99. The van der Waals surface area contributed by atoms with Crippen LogP contribution in [0.25, 0.3) is 10.9 Å². The predicted molar refractivity (Wildman–Crippen MR) is 124 cm³/mol. The van der Waals surface area contributed by atoms with Crippen molar-refractivity contribution in [2.75, 3.05) is 13.3 Å². The number of aromatic nitrogens is 1. The van der Waals surface area contributed by atoms with Crippen LogP contribution in [-0.2, 0) is 11.2 Å². The Morgan fingerprint density at radius 2 is 1.71 bits per heavy atom. The molecule has 1 aliphatic carbocycles. The van der Waals surface area contributed by atoms with Gasteiger partial charge in [-0.15, -0.1) is 0 Å². The molecule has 2 aliphatic rings. The van der Waals surface area contributed by atoms with Crippen LogP contribution < -0.4 is 20.5 Å². The maximum atomic E-state index is 12.0. The van der Waals surface area contributed by atoms with E-state index in [2.05, 4.69) is 16.4 Å². The Bertz CT molecular complexity index is 972. The third-order valence-corrected chi connectivity index (χ3v) is 5.33. The largest absolute Gasteiger partial charge is 0.454 e. The van der Waals surface area contributed by atoms with Gasteiger partial charge in [0.05, 0.1) is 6.04 Å². The smallest absolute Gasteiger partial charge is 0.237 e. The highest BCUT2D eigenvalue weighted by Gasteiger charge is 2.24.